The quantitative estimate of drug-likeness (QED) is 0.699. The van der Waals surface area contributed by atoms with Crippen LogP contribution in [0, 0.1) is 0 Å². The summed E-state index contributed by atoms with van der Waals surface area (Å²) in [5.41, 5.74) is 1.92. The molecule has 0 spiro atoms. The molecule has 2 saturated heterocycles. The Balaban J connectivity index is 1.10. The van der Waals surface area contributed by atoms with E-state index in [2.05, 4.69) is 15.1 Å². The van der Waals surface area contributed by atoms with Crippen molar-refractivity contribution in [2.45, 2.75) is 19.1 Å². The maximum Gasteiger partial charge on any atom is 0.267 e. The highest BCUT2D eigenvalue weighted by molar-refractivity contribution is 5.94. The number of ether oxygens (including phenoxy) is 3. The van der Waals surface area contributed by atoms with Gasteiger partial charge in [-0.05, 0) is 43.3 Å². The molecule has 186 valence electrons. The molecule has 0 unspecified atom stereocenters. The van der Waals surface area contributed by atoms with Crippen molar-refractivity contribution < 1.29 is 23.8 Å². The van der Waals surface area contributed by atoms with E-state index in [1.165, 1.54) is 0 Å². The van der Waals surface area contributed by atoms with Crippen LogP contribution in [0.4, 0.5) is 11.4 Å². The SMILES string of the molecule is C[C@H](C(=O)Nc1ccc(N2CCOCC2)cc1)N1CCN(C(=O)[C@H]2COc3ccccc3O2)CC1. The maximum atomic E-state index is 13.0. The number of carbonyl (C=O) groups is 2. The van der Waals surface area contributed by atoms with Gasteiger partial charge in [0, 0.05) is 50.6 Å². The first-order valence-corrected chi connectivity index (χ1v) is 12.2. The standard InChI is InChI=1S/C26H32N4O5/c1-19(25(31)27-20-6-8-21(9-7-20)29-14-16-33-17-15-29)28-10-12-30(13-11-28)26(32)24-18-34-22-4-2-3-5-23(22)35-24/h2-9,19,24H,10-18H2,1H3,(H,27,31)/t19-,24-/m1/s1. The van der Waals surface area contributed by atoms with Crippen LogP contribution in [0.3, 0.4) is 0 Å². The minimum atomic E-state index is -0.641. The van der Waals surface area contributed by atoms with Gasteiger partial charge in [0.05, 0.1) is 19.3 Å². The van der Waals surface area contributed by atoms with Gasteiger partial charge in [0.15, 0.2) is 11.5 Å². The summed E-state index contributed by atoms with van der Waals surface area (Å²) in [7, 11) is 0. The van der Waals surface area contributed by atoms with E-state index in [0.717, 1.165) is 37.7 Å². The van der Waals surface area contributed by atoms with Gasteiger partial charge in [0.1, 0.15) is 6.61 Å². The lowest BCUT2D eigenvalue weighted by Gasteiger charge is -2.39. The van der Waals surface area contributed by atoms with Crippen molar-refractivity contribution in [1.82, 2.24) is 9.80 Å². The fourth-order valence-electron chi connectivity index (χ4n) is 4.66. The van der Waals surface area contributed by atoms with Crippen molar-refractivity contribution in [3.8, 4) is 11.5 Å². The molecule has 2 amide bonds. The number of fused-ring (bicyclic) bond motifs is 1. The number of piperazine rings is 1. The molecule has 3 aliphatic rings. The van der Waals surface area contributed by atoms with Gasteiger partial charge < -0.3 is 29.3 Å². The van der Waals surface area contributed by atoms with Crippen LogP contribution in [0.5, 0.6) is 11.5 Å². The monoisotopic (exact) mass is 480 g/mol. The van der Waals surface area contributed by atoms with Crippen LogP contribution in [0.15, 0.2) is 48.5 Å². The highest BCUT2D eigenvalue weighted by Crippen LogP contribution is 2.31. The predicted molar refractivity (Wildman–Crippen MR) is 132 cm³/mol. The van der Waals surface area contributed by atoms with Crippen LogP contribution in [0.1, 0.15) is 6.92 Å². The van der Waals surface area contributed by atoms with Gasteiger partial charge in [-0.1, -0.05) is 12.1 Å². The Bertz CT molecular complexity index is 1030. The zero-order chi connectivity index (χ0) is 24.2. The van der Waals surface area contributed by atoms with Crippen molar-refractivity contribution >= 4 is 23.2 Å². The van der Waals surface area contributed by atoms with Gasteiger partial charge in [0.25, 0.3) is 5.91 Å². The van der Waals surface area contributed by atoms with Gasteiger partial charge >= 0.3 is 0 Å². The normalized spacial score (nSPS) is 21.3. The lowest BCUT2D eigenvalue weighted by molar-refractivity contribution is -0.143. The molecule has 9 nitrogen and oxygen atoms in total. The third-order valence-electron chi connectivity index (χ3n) is 6.85. The number of rotatable bonds is 5. The van der Waals surface area contributed by atoms with Crippen LogP contribution in [0.25, 0.3) is 0 Å². The van der Waals surface area contributed by atoms with Gasteiger partial charge in [-0.3, -0.25) is 14.5 Å². The molecule has 2 aromatic carbocycles. The minimum Gasteiger partial charge on any atom is -0.485 e. The lowest BCUT2D eigenvalue weighted by atomic mass is 10.2. The van der Waals surface area contributed by atoms with Crippen molar-refractivity contribution in [2.75, 3.05) is 69.3 Å². The van der Waals surface area contributed by atoms with E-state index >= 15 is 0 Å². The number of nitrogens with zero attached hydrogens (tertiary/aromatic N) is 3. The second-order valence-electron chi connectivity index (χ2n) is 9.04. The summed E-state index contributed by atoms with van der Waals surface area (Å²) in [6, 6.07) is 15.0. The predicted octanol–water partition coefficient (Wildman–Crippen LogP) is 1.83. The molecule has 3 aliphatic heterocycles. The van der Waals surface area contributed by atoms with E-state index in [0.29, 0.717) is 37.7 Å². The molecule has 0 radical (unpaired) electrons. The zero-order valence-electron chi connectivity index (χ0n) is 20.0. The Kier molecular flexibility index (Phi) is 7.06. The number of morpholine rings is 1. The first kappa shape index (κ1) is 23.4. The number of hydrogen-bond donors (Lipinski definition) is 1. The molecule has 5 rings (SSSR count). The molecule has 0 saturated carbocycles. The number of para-hydroxylation sites is 2. The Morgan fingerprint density at radius 1 is 0.914 bits per heavy atom. The molecule has 2 aromatic rings. The van der Waals surface area contributed by atoms with Gasteiger partial charge in [-0.2, -0.15) is 0 Å². The summed E-state index contributed by atoms with van der Waals surface area (Å²) < 4.78 is 17.0. The number of nitrogens with one attached hydrogen (secondary N) is 1. The van der Waals surface area contributed by atoms with Crippen LogP contribution in [0.2, 0.25) is 0 Å². The zero-order valence-corrected chi connectivity index (χ0v) is 20.0. The number of carbonyl (C=O) groups excluding carboxylic acids is 2. The topological polar surface area (TPSA) is 83.6 Å². The number of amides is 2. The summed E-state index contributed by atoms with van der Waals surface area (Å²) in [6.45, 7) is 7.70. The fourth-order valence-corrected chi connectivity index (χ4v) is 4.66. The minimum absolute atomic E-state index is 0.0514. The molecular weight excluding hydrogens is 448 g/mol. The van der Waals surface area contributed by atoms with Crippen molar-refractivity contribution in [2.24, 2.45) is 0 Å². The number of hydrogen-bond acceptors (Lipinski definition) is 7. The van der Waals surface area contributed by atoms with Crippen molar-refractivity contribution in [3.05, 3.63) is 48.5 Å². The molecular formula is C26H32N4O5. The second-order valence-corrected chi connectivity index (χ2v) is 9.04. The summed E-state index contributed by atoms with van der Waals surface area (Å²) in [4.78, 5) is 32.0. The molecule has 0 bridgehead atoms. The summed E-state index contributed by atoms with van der Waals surface area (Å²) in [6.07, 6.45) is -0.641. The maximum absolute atomic E-state index is 13.0. The molecule has 35 heavy (non-hydrogen) atoms. The third kappa shape index (κ3) is 5.36. The Morgan fingerprint density at radius 3 is 2.31 bits per heavy atom. The highest BCUT2D eigenvalue weighted by Gasteiger charge is 2.34. The summed E-state index contributed by atoms with van der Waals surface area (Å²) in [5, 5.41) is 3.02. The first-order valence-electron chi connectivity index (χ1n) is 12.2. The van der Waals surface area contributed by atoms with Crippen molar-refractivity contribution in [1.29, 1.82) is 0 Å². The van der Waals surface area contributed by atoms with E-state index in [1.54, 1.807) is 4.90 Å². The Labute approximate surface area is 205 Å². The molecule has 3 heterocycles. The fraction of sp³-hybridized carbons (Fsp3) is 0.462. The van der Waals surface area contributed by atoms with Crippen LogP contribution >= 0.6 is 0 Å². The second kappa shape index (κ2) is 10.5. The third-order valence-corrected chi connectivity index (χ3v) is 6.85. The first-order chi connectivity index (χ1) is 17.1. The molecule has 2 atom stereocenters. The average Bonchev–Trinajstić information content (AvgIpc) is 2.93. The van der Waals surface area contributed by atoms with Gasteiger partial charge in [-0.25, -0.2) is 0 Å². The van der Waals surface area contributed by atoms with Gasteiger partial charge in [0.2, 0.25) is 12.0 Å². The Morgan fingerprint density at radius 2 is 1.60 bits per heavy atom. The van der Waals surface area contributed by atoms with Crippen LogP contribution in [-0.4, -0.2) is 92.8 Å². The molecule has 0 aliphatic carbocycles. The summed E-state index contributed by atoms with van der Waals surface area (Å²) in [5.74, 6) is 1.14. The van der Waals surface area contributed by atoms with E-state index in [-0.39, 0.29) is 24.5 Å². The number of anilines is 2. The highest BCUT2D eigenvalue weighted by atomic mass is 16.6. The van der Waals surface area contributed by atoms with Gasteiger partial charge in [-0.15, -0.1) is 0 Å². The van der Waals surface area contributed by atoms with Crippen LogP contribution in [-0.2, 0) is 14.3 Å². The smallest absolute Gasteiger partial charge is 0.267 e. The van der Waals surface area contributed by atoms with E-state index < -0.39 is 6.10 Å². The largest absolute Gasteiger partial charge is 0.485 e. The molecule has 0 aromatic heterocycles. The van der Waals surface area contributed by atoms with E-state index in [4.69, 9.17) is 14.2 Å². The van der Waals surface area contributed by atoms with Crippen molar-refractivity contribution in [3.63, 3.8) is 0 Å². The van der Waals surface area contributed by atoms with E-state index in [9.17, 15) is 9.59 Å². The molecule has 1 N–H and O–H groups in total. The summed E-state index contributed by atoms with van der Waals surface area (Å²) >= 11 is 0. The van der Waals surface area contributed by atoms with Crippen LogP contribution < -0.4 is 19.7 Å². The van der Waals surface area contributed by atoms with E-state index in [1.807, 2.05) is 55.5 Å². The number of benzene rings is 2. The average molecular weight is 481 g/mol. The molecule has 2 fully saturated rings. The Hall–Kier alpha value is -3.30. The lowest BCUT2D eigenvalue weighted by Crippen LogP contribution is -2.57. The molecule has 9 heteroatoms.